The average Bonchev–Trinajstić information content (AvgIpc) is 2.39. The SMILES string of the molecule is CCC1CCCCN1C1(CN)CCCCC1. The van der Waals surface area contributed by atoms with Crippen molar-refractivity contribution < 1.29 is 0 Å². The van der Waals surface area contributed by atoms with Gasteiger partial charge in [-0.05, 0) is 38.6 Å². The Balaban J connectivity index is 2.10. The fourth-order valence-electron chi connectivity index (χ4n) is 3.87. The Morgan fingerprint density at radius 1 is 1.12 bits per heavy atom. The van der Waals surface area contributed by atoms with Crippen molar-refractivity contribution in [2.24, 2.45) is 5.73 Å². The molecule has 94 valence electrons. The van der Waals surface area contributed by atoms with Crippen LogP contribution in [0.4, 0.5) is 0 Å². The first-order valence-electron chi connectivity index (χ1n) is 7.29. The van der Waals surface area contributed by atoms with Gasteiger partial charge in [0.05, 0.1) is 0 Å². The molecule has 2 aliphatic rings. The van der Waals surface area contributed by atoms with Crippen LogP contribution in [0.15, 0.2) is 0 Å². The molecular formula is C14H28N2. The van der Waals surface area contributed by atoms with Crippen LogP contribution < -0.4 is 5.73 Å². The molecule has 0 aromatic rings. The van der Waals surface area contributed by atoms with Crippen LogP contribution in [-0.2, 0) is 0 Å². The summed E-state index contributed by atoms with van der Waals surface area (Å²) < 4.78 is 0. The lowest BCUT2D eigenvalue weighted by atomic mass is 9.78. The van der Waals surface area contributed by atoms with Crippen molar-refractivity contribution in [3.63, 3.8) is 0 Å². The molecule has 0 bridgehead atoms. The third kappa shape index (κ3) is 2.28. The number of likely N-dealkylation sites (tertiary alicyclic amines) is 1. The van der Waals surface area contributed by atoms with Crippen LogP contribution in [-0.4, -0.2) is 29.6 Å². The summed E-state index contributed by atoms with van der Waals surface area (Å²) in [6, 6.07) is 0.815. The van der Waals surface area contributed by atoms with Crippen molar-refractivity contribution in [2.45, 2.75) is 76.3 Å². The highest BCUT2D eigenvalue weighted by Crippen LogP contribution is 2.37. The average molecular weight is 224 g/mol. The van der Waals surface area contributed by atoms with Crippen LogP contribution in [0.2, 0.25) is 0 Å². The van der Waals surface area contributed by atoms with Gasteiger partial charge in [-0.3, -0.25) is 4.90 Å². The first-order valence-corrected chi connectivity index (χ1v) is 7.29. The monoisotopic (exact) mass is 224 g/mol. The van der Waals surface area contributed by atoms with Gasteiger partial charge in [-0.25, -0.2) is 0 Å². The van der Waals surface area contributed by atoms with Crippen molar-refractivity contribution in [3.8, 4) is 0 Å². The topological polar surface area (TPSA) is 29.3 Å². The molecule has 0 spiro atoms. The minimum Gasteiger partial charge on any atom is -0.329 e. The summed E-state index contributed by atoms with van der Waals surface area (Å²) in [7, 11) is 0. The fraction of sp³-hybridized carbons (Fsp3) is 1.00. The highest BCUT2D eigenvalue weighted by atomic mass is 15.2. The second-order valence-electron chi connectivity index (χ2n) is 5.74. The third-order valence-electron chi connectivity index (χ3n) is 4.87. The van der Waals surface area contributed by atoms with Crippen LogP contribution >= 0.6 is 0 Å². The molecule has 0 amide bonds. The van der Waals surface area contributed by atoms with E-state index in [4.69, 9.17) is 5.73 Å². The lowest BCUT2D eigenvalue weighted by Gasteiger charge is -2.51. The summed E-state index contributed by atoms with van der Waals surface area (Å²) in [4.78, 5) is 2.80. The molecule has 1 unspecified atom stereocenters. The molecule has 16 heavy (non-hydrogen) atoms. The molecule has 1 aliphatic carbocycles. The Hall–Kier alpha value is -0.0800. The number of piperidine rings is 1. The van der Waals surface area contributed by atoms with Gasteiger partial charge >= 0.3 is 0 Å². The summed E-state index contributed by atoms with van der Waals surface area (Å²) in [5.41, 5.74) is 6.52. The first kappa shape index (κ1) is 12.4. The molecule has 1 saturated carbocycles. The maximum absolute atomic E-state index is 6.14. The largest absolute Gasteiger partial charge is 0.329 e. The van der Waals surface area contributed by atoms with Gasteiger partial charge in [-0.2, -0.15) is 0 Å². The minimum atomic E-state index is 0.374. The van der Waals surface area contributed by atoms with Crippen molar-refractivity contribution in [2.75, 3.05) is 13.1 Å². The molecule has 1 atom stereocenters. The molecule has 2 nitrogen and oxygen atoms in total. The van der Waals surface area contributed by atoms with Gasteiger partial charge in [0, 0.05) is 18.1 Å². The number of hydrogen-bond acceptors (Lipinski definition) is 2. The Morgan fingerprint density at radius 2 is 1.88 bits per heavy atom. The van der Waals surface area contributed by atoms with E-state index in [1.165, 1.54) is 64.3 Å². The van der Waals surface area contributed by atoms with E-state index in [1.807, 2.05) is 0 Å². The second kappa shape index (κ2) is 5.50. The Bertz CT molecular complexity index is 209. The zero-order valence-corrected chi connectivity index (χ0v) is 10.9. The number of nitrogens with two attached hydrogens (primary N) is 1. The molecule has 2 rings (SSSR count). The van der Waals surface area contributed by atoms with Crippen molar-refractivity contribution >= 4 is 0 Å². The molecular weight excluding hydrogens is 196 g/mol. The van der Waals surface area contributed by atoms with Crippen LogP contribution in [0.5, 0.6) is 0 Å². The van der Waals surface area contributed by atoms with Gasteiger partial charge in [0.2, 0.25) is 0 Å². The highest BCUT2D eigenvalue weighted by Gasteiger charge is 2.40. The minimum absolute atomic E-state index is 0.374. The molecule has 2 fully saturated rings. The predicted molar refractivity (Wildman–Crippen MR) is 69.5 cm³/mol. The van der Waals surface area contributed by atoms with Crippen LogP contribution in [0, 0.1) is 0 Å². The van der Waals surface area contributed by atoms with Crippen LogP contribution in [0.3, 0.4) is 0 Å². The molecule has 0 aromatic carbocycles. The summed E-state index contributed by atoms with van der Waals surface area (Å²) >= 11 is 0. The van der Waals surface area contributed by atoms with Gasteiger partial charge in [-0.1, -0.05) is 32.6 Å². The molecule has 2 heteroatoms. The van der Waals surface area contributed by atoms with E-state index in [0.29, 0.717) is 5.54 Å². The summed E-state index contributed by atoms with van der Waals surface area (Å²) in [6.07, 6.45) is 12.4. The predicted octanol–water partition coefficient (Wildman–Crippen LogP) is 2.91. The van der Waals surface area contributed by atoms with Gasteiger partial charge in [0.1, 0.15) is 0 Å². The molecule has 1 aliphatic heterocycles. The standard InChI is InChI=1S/C14H28N2/c1-2-13-8-4-7-11-16(13)14(12-15)9-5-3-6-10-14/h13H,2-12,15H2,1H3. The smallest absolute Gasteiger partial charge is 0.0334 e. The van der Waals surface area contributed by atoms with E-state index in [9.17, 15) is 0 Å². The van der Waals surface area contributed by atoms with Crippen LogP contribution in [0.1, 0.15) is 64.7 Å². The van der Waals surface area contributed by atoms with Gasteiger partial charge in [-0.15, -0.1) is 0 Å². The van der Waals surface area contributed by atoms with Gasteiger partial charge in [0.15, 0.2) is 0 Å². The molecule has 1 saturated heterocycles. The van der Waals surface area contributed by atoms with Crippen LogP contribution in [0.25, 0.3) is 0 Å². The Labute approximate surface area is 101 Å². The second-order valence-corrected chi connectivity index (χ2v) is 5.74. The third-order valence-corrected chi connectivity index (χ3v) is 4.87. The van der Waals surface area contributed by atoms with E-state index in [-0.39, 0.29) is 0 Å². The zero-order chi connectivity index (χ0) is 11.4. The summed E-state index contributed by atoms with van der Waals surface area (Å²) in [6.45, 7) is 4.52. The van der Waals surface area contributed by atoms with Crippen molar-refractivity contribution in [1.82, 2.24) is 4.90 Å². The maximum atomic E-state index is 6.14. The van der Waals surface area contributed by atoms with E-state index in [2.05, 4.69) is 11.8 Å². The lowest BCUT2D eigenvalue weighted by Crippen LogP contribution is -2.60. The van der Waals surface area contributed by atoms with Crippen molar-refractivity contribution in [3.05, 3.63) is 0 Å². The molecule has 1 heterocycles. The quantitative estimate of drug-likeness (QED) is 0.798. The van der Waals surface area contributed by atoms with Gasteiger partial charge in [0.25, 0.3) is 0 Å². The number of rotatable bonds is 3. The normalized spacial score (nSPS) is 31.5. The van der Waals surface area contributed by atoms with E-state index in [1.54, 1.807) is 0 Å². The lowest BCUT2D eigenvalue weighted by molar-refractivity contribution is -0.00404. The summed E-state index contributed by atoms with van der Waals surface area (Å²) in [5, 5.41) is 0. The van der Waals surface area contributed by atoms with E-state index in [0.717, 1.165) is 12.6 Å². The molecule has 2 N–H and O–H groups in total. The highest BCUT2D eigenvalue weighted by molar-refractivity contribution is 4.97. The Kier molecular flexibility index (Phi) is 4.26. The molecule has 0 radical (unpaired) electrons. The van der Waals surface area contributed by atoms with E-state index < -0.39 is 0 Å². The van der Waals surface area contributed by atoms with Crippen molar-refractivity contribution in [1.29, 1.82) is 0 Å². The summed E-state index contributed by atoms with van der Waals surface area (Å²) in [5.74, 6) is 0. The first-order chi connectivity index (χ1) is 7.82. The van der Waals surface area contributed by atoms with Gasteiger partial charge < -0.3 is 5.73 Å². The number of hydrogen-bond donors (Lipinski definition) is 1. The maximum Gasteiger partial charge on any atom is 0.0334 e. The number of nitrogens with zero attached hydrogens (tertiary/aromatic N) is 1. The fourth-order valence-corrected chi connectivity index (χ4v) is 3.87. The molecule has 0 aromatic heterocycles. The van der Waals surface area contributed by atoms with E-state index >= 15 is 0 Å². The Morgan fingerprint density at radius 3 is 2.50 bits per heavy atom. The zero-order valence-electron chi connectivity index (χ0n) is 10.9.